The number of hydrogen-bond acceptors (Lipinski definition) is 2. The number of benzene rings is 2. The van der Waals surface area contributed by atoms with Gasteiger partial charge in [0.2, 0.25) is 0 Å². The number of ether oxygens (including phenoxy) is 1. The van der Waals surface area contributed by atoms with Crippen molar-refractivity contribution >= 4 is 33.4 Å². The summed E-state index contributed by atoms with van der Waals surface area (Å²) in [5.41, 5.74) is 1.04. The molecule has 2 rings (SSSR count). The fourth-order valence-electron chi connectivity index (χ4n) is 1.82. The number of carbonyl (C=O) groups excluding carboxylic acids is 1. The van der Waals surface area contributed by atoms with Gasteiger partial charge >= 0.3 is 0 Å². The molecule has 0 unspecified atom stereocenters. The van der Waals surface area contributed by atoms with Gasteiger partial charge in [0.05, 0.1) is 6.04 Å². The molecular weight excluding hydrogens is 354 g/mol. The van der Waals surface area contributed by atoms with Crippen molar-refractivity contribution in [2.75, 3.05) is 6.61 Å². The van der Waals surface area contributed by atoms with Gasteiger partial charge in [-0.25, -0.2) is 0 Å². The number of halogens is 2. The van der Waals surface area contributed by atoms with Gasteiger partial charge in [-0.2, -0.15) is 0 Å². The molecule has 5 heteroatoms. The first-order valence-corrected chi connectivity index (χ1v) is 7.65. The highest BCUT2D eigenvalue weighted by atomic mass is 79.9. The van der Waals surface area contributed by atoms with Gasteiger partial charge in [-0.05, 0) is 42.8 Å². The van der Waals surface area contributed by atoms with Gasteiger partial charge < -0.3 is 10.1 Å². The molecule has 21 heavy (non-hydrogen) atoms. The van der Waals surface area contributed by atoms with Crippen LogP contribution in [0.4, 0.5) is 0 Å². The molecular formula is C16H15BrClNO2. The smallest absolute Gasteiger partial charge is 0.258 e. The fourth-order valence-corrected chi connectivity index (χ4v) is 2.27. The third-order valence-electron chi connectivity index (χ3n) is 2.91. The van der Waals surface area contributed by atoms with Crippen molar-refractivity contribution < 1.29 is 9.53 Å². The topological polar surface area (TPSA) is 38.3 Å². The second-order valence-corrected chi connectivity index (χ2v) is 5.94. The Hall–Kier alpha value is -1.52. The number of nitrogens with one attached hydrogen (secondary N) is 1. The van der Waals surface area contributed by atoms with Gasteiger partial charge in [-0.3, -0.25) is 4.79 Å². The molecule has 0 saturated carbocycles. The van der Waals surface area contributed by atoms with E-state index in [1.807, 2.05) is 31.2 Å². The van der Waals surface area contributed by atoms with Crippen LogP contribution in [0.2, 0.25) is 5.02 Å². The second-order valence-electron chi connectivity index (χ2n) is 4.59. The Labute approximate surface area is 137 Å². The number of carbonyl (C=O) groups is 1. The maximum Gasteiger partial charge on any atom is 0.258 e. The molecule has 2 aromatic carbocycles. The highest BCUT2D eigenvalue weighted by molar-refractivity contribution is 9.10. The Morgan fingerprint density at radius 1 is 1.29 bits per heavy atom. The number of amides is 1. The lowest BCUT2D eigenvalue weighted by atomic mass is 10.1. The zero-order valence-corrected chi connectivity index (χ0v) is 13.8. The molecule has 1 N–H and O–H groups in total. The summed E-state index contributed by atoms with van der Waals surface area (Å²) >= 11 is 9.24. The first kappa shape index (κ1) is 15.9. The van der Waals surface area contributed by atoms with E-state index in [1.165, 1.54) is 0 Å². The molecule has 0 heterocycles. The average molecular weight is 369 g/mol. The Morgan fingerprint density at radius 2 is 2.00 bits per heavy atom. The average Bonchev–Trinajstić information content (AvgIpc) is 2.46. The SMILES string of the molecule is C[C@@H](NC(=O)COc1cccc(Cl)c1)c1ccc(Br)cc1. The first-order valence-electron chi connectivity index (χ1n) is 6.48. The quantitative estimate of drug-likeness (QED) is 0.851. The Kier molecular flexibility index (Phi) is 5.65. The molecule has 3 nitrogen and oxygen atoms in total. The largest absolute Gasteiger partial charge is 0.484 e. The van der Waals surface area contributed by atoms with Crippen molar-refractivity contribution in [2.24, 2.45) is 0 Å². The predicted octanol–water partition coefficient (Wildman–Crippen LogP) is 4.36. The van der Waals surface area contributed by atoms with Crippen molar-refractivity contribution in [3.05, 3.63) is 63.6 Å². The van der Waals surface area contributed by atoms with E-state index < -0.39 is 0 Å². The van der Waals surface area contributed by atoms with Crippen LogP contribution in [-0.4, -0.2) is 12.5 Å². The van der Waals surface area contributed by atoms with Gasteiger partial charge in [0.1, 0.15) is 5.75 Å². The van der Waals surface area contributed by atoms with Crippen LogP contribution in [0, 0.1) is 0 Å². The summed E-state index contributed by atoms with van der Waals surface area (Å²) in [6.45, 7) is 1.89. The van der Waals surface area contributed by atoms with Crippen molar-refractivity contribution in [3.63, 3.8) is 0 Å². The standard InChI is InChI=1S/C16H15BrClNO2/c1-11(12-5-7-13(17)8-6-12)19-16(20)10-21-15-4-2-3-14(18)9-15/h2-9,11H,10H2,1H3,(H,19,20)/t11-/m1/s1. The molecule has 1 amide bonds. The molecule has 0 aliphatic rings. The van der Waals surface area contributed by atoms with Gasteiger partial charge in [-0.1, -0.05) is 45.7 Å². The normalized spacial score (nSPS) is 11.8. The van der Waals surface area contributed by atoms with Crippen molar-refractivity contribution in [2.45, 2.75) is 13.0 Å². The van der Waals surface area contributed by atoms with Gasteiger partial charge in [0.25, 0.3) is 5.91 Å². The molecule has 0 aliphatic heterocycles. The van der Waals surface area contributed by atoms with Crippen LogP contribution in [0.25, 0.3) is 0 Å². The summed E-state index contributed by atoms with van der Waals surface area (Å²) in [4.78, 5) is 11.9. The van der Waals surface area contributed by atoms with Crippen molar-refractivity contribution in [1.82, 2.24) is 5.32 Å². The van der Waals surface area contributed by atoms with Crippen LogP contribution in [0.5, 0.6) is 5.75 Å². The van der Waals surface area contributed by atoms with Crippen LogP contribution in [0.15, 0.2) is 53.0 Å². The third-order valence-corrected chi connectivity index (χ3v) is 3.68. The lowest BCUT2D eigenvalue weighted by molar-refractivity contribution is -0.123. The van der Waals surface area contributed by atoms with E-state index >= 15 is 0 Å². The summed E-state index contributed by atoms with van der Waals surface area (Å²) in [7, 11) is 0. The first-order chi connectivity index (χ1) is 10.0. The minimum absolute atomic E-state index is 0.0405. The van der Waals surface area contributed by atoms with Crippen LogP contribution in [0.1, 0.15) is 18.5 Å². The zero-order chi connectivity index (χ0) is 15.2. The summed E-state index contributed by atoms with van der Waals surface area (Å²) in [5.74, 6) is 0.402. The minimum Gasteiger partial charge on any atom is -0.484 e. The summed E-state index contributed by atoms with van der Waals surface area (Å²) < 4.78 is 6.41. The van der Waals surface area contributed by atoms with Crippen LogP contribution in [-0.2, 0) is 4.79 Å². The van der Waals surface area contributed by atoms with E-state index in [-0.39, 0.29) is 18.6 Å². The second kappa shape index (κ2) is 7.48. The highest BCUT2D eigenvalue weighted by Gasteiger charge is 2.10. The van der Waals surface area contributed by atoms with Gasteiger partial charge in [0, 0.05) is 9.50 Å². The third kappa shape index (κ3) is 5.06. The molecule has 0 spiro atoms. The van der Waals surface area contributed by atoms with E-state index in [9.17, 15) is 4.79 Å². The summed E-state index contributed by atoms with van der Waals surface area (Å²) in [6, 6.07) is 14.7. The molecule has 0 aromatic heterocycles. The Morgan fingerprint density at radius 3 is 2.67 bits per heavy atom. The van der Waals surface area contributed by atoms with Gasteiger partial charge in [0.15, 0.2) is 6.61 Å². The molecule has 2 aromatic rings. The van der Waals surface area contributed by atoms with E-state index in [4.69, 9.17) is 16.3 Å². The van der Waals surface area contributed by atoms with Gasteiger partial charge in [-0.15, -0.1) is 0 Å². The van der Waals surface area contributed by atoms with Crippen LogP contribution < -0.4 is 10.1 Å². The van der Waals surface area contributed by atoms with Crippen LogP contribution in [0.3, 0.4) is 0 Å². The zero-order valence-electron chi connectivity index (χ0n) is 11.5. The summed E-state index contributed by atoms with van der Waals surface area (Å²) in [5, 5.41) is 3.47. The lowest BCUT2D eigenvalue weighted by Gasteiger charge is -2.15. The van der Waals surface area contributed by atoms with E-state index in [0.717, 1.165) is 10.0 Å². The summed E-state index contributed by atoms with van der Waals surface area (Å²) in [6.07, 6.45) is 0. The van der Waals surface area contributed by atoms with E-state index in [0.29, 0.717) is 10.8 Å². The molecule has 0 fully saturated rings. The molecule has 110 valence electrons. The minimum atomic E-state index is -0.176. The van der Waals surface area contributed by atoms with Crippen LogP contribution >= 0.6 is 27.5 Å². The lowest BCUT2D eigenvalue weighted by Crippen LogP contribution is -2.31. The molecule has 1 atom stereocenters. The molecule has 0 aliphatic carbocycles. The van der Waals surface area contributed by atoms with Crippen molar-refractivity contribution in [1.29, 1.82) is 0 Å². The molecule has 0 bridgehead atoms. The molecule has 0 radical (unpaired) electrons. The van der Waals surface area contributed by atoms with E-state index in [1.54, 1.807) is 24.3 Å². The van der Waals surface area contributed by atoms with E-state index in [2.05, 4.69) is 21.2 Å². The fraction of sp³-hybridized carbons (Fsp3) is 0.188. The highest BCUT2D eigenvalue weighted by Crippen LogP contribution is 2.18. The van der Waals surface area contributed by atoms with Crippen molar-refractivity contribution in [3.8, 4) is 5.75 Å². The maximum absolute atomic E-state index is 11.9. The number of rotatable bonds is 5. The Balaban J connectivity index is 1.85. The Bertz CT molecular complexity index is 616. The number of hydrogen-bond donors (Lipinski definition) is 1. The predicted molar refractivity (Wildman–Crippen MR) is 87.6 cm³/mol. The maximum atomic E-state index is 11.9. The molecule has 0 saturated heterocycles. The monoisotopic (exact) mass is 367 g/mol.